The van der Waals surface area contributed by atoms with E-state index in [0.717, 1.165) is 25.9 Å². The molecule has 0 atom stereocenters. The number of sulfonamides is 1. The molecule has 1 fully saturated rings. The lowest BCUT2D eigenvalue weighted by Gasteiger charge is -2.34. The number of hydrogen-bond donors (Lipinski definition) is 2. The lowest BCUT2D eigenvalue weighted by Crippen LogP contribution is -2.43. The van der Waals surface area contributed by atoms with E-state index in [1.165, 1.54) is 0 Å². The van der Waals surface area contributed by atoms with Gasteiger partial charge in [-0.2, -0.15) is 0 Å². The smallest absolute Gasteiger partial charge is 0.211 e. The molecule has 1 heterocycles. The van der Waals surface area contributed by atoms with Gasteiger partial charge in [-0.1, -0.05) is 13.8 Å². The van der Waals surface area contributed by atoms with E-state index in [1.54, 1.807) is 0 Å². The molecule has 6 heteroatoms. The standard InChI is InChI=1S/C10H22N2O2S.ClH/c1-3-8-15(13,14)12-9-10(2)4-6-11-7-5-10;/h11-12H,3-9H2,1-2H3;1H. The first-order valence-corrected chi connectivity index (χ1v) is 7.31. The van der Waals surface area contributed by atoms with Crippen LogP contribution in [-0.2, 0) is 10.0 Å². The molecule has 0 radical (unpaired) electrons. The van der Waals surface area contributed by atoms with E-state index >= 15 is 0 Å². The topological polar surface area (TPSA) is 58.2 Å². The molecule has 0 aromatic carbocycles. The van der Waals surface area contributed by atoms with Gasteiger partial charge in [-0.05, 0) is 37.8 Å². The van der Waals surface area contributed by atoms with Crippen molar-refractivity contribution < 1.29 is 8.42 Å². The summed E-state index contributed by atoms with van der Waals surface area (Å²) >= 11 is 0. The van der Waals surface area contributed by atoms with Crippen LogP contribution >= 0.6 is 12.4 Å². The summed E-state index contributed by atoms with van der Waals surface area (Å²) in [6, 6.07) is 0. The highest BCUT2D eigenvalue weighted by molar-refractivity contribution is 7.89. The third-order valence-electron chi connectivity index (χ3n) is 3.00. The highest BCUT2D eigenvalue weighted by Crippen LogP contribution is 2.26. The van der Waals surface area contributed by atoms with Gasteiger partial charge >= 0.3 is 0 Å². The summed E-state index contributed by atoms with van der Waals surface area (Å²) in [4.78, 5) is 0. The highest BCUT2D eigenvalue weighted by Gasteiger charge is 2.27. The van der Waals surface area contributed by atoms with Crippen LogP contribution in [0.15, 0.2) is 0 Å². The Bertz CT molecular complexity index is 287. The third kappa shape index (κ3) is 5.48. The molecule has 1 saturated heterocycles. The van der Waals surface area contributed by atoms with Crippen LogP contribution in [0.4, 0.5) is 0 Å². The zero-order valence-electron chi connectivity index (χ0n) is 10.1. The minimum atomic E-state index is -3.04. The average molecular weight is 271 g/mol. The summed E-state index contributed by atoms with van der Waals surface area (Å²) in [5.41, 5.74) is 0.131. The molecule has 1 aliphatic heterocycles. The predicted molar refractivity (Wildman–Crippen MR) is 69.5 cm³/mol. The maximum absolute atomic E-state index is 11.5. The van der Waals surface area contributed by atoms with Gasteiger partial charge in [0.1, 0.15) is 0 Å². The van der Waals surface area contributed by atoms with Gasteiger partial charge in [0, 0.05) is 6.54 Å². The van der Waals surface area contributed by atoms with Crippen LogP contribution < -0.4 is 10.0 Å². The summed E-state index contributed by atoms with van der Waals surface area (Å²) in [5.74, 6) is 0.237. The summed E-state index contributed by atoms with van der Waals surface area (Å²) in [6.07, 6.45) is 2.76. The normalized spacial score (nSPS) is 20.1. The molecule has 2 N–H and O–H groups in total. The summed E-state index contributed by atoms with van der Waals surface area (Å²) in [5, 5.41) is 3.29. The molecule has 0 unspecified atom stereocenters. The summed E-state index contributed by atoms with van der Waals surface area (Å²) < 4.78 is 25.7. The zero-order chi connectivity index (χ0) is 11.4. The van der Waals surface area contributed by atoms with Crippen molar-refractivity contribution in [2.45, 2.75) is 33.1 Å². The Labute approximate surface area is 105 Å². The molecule has 0 aromatic rings. The van der Waals surface area contributed by atoms with Crippen LogP contribution in [0.5, 0.6) is 0 Å². The Kier molecular flexibility index (Phi) is 6.86. The van der Waals surface area contributed by atoms with Crippen molar-refractivity contribution in [1.29, 1.82) is 0 Å². The van der Waals surface area contributed by atoms with Crippen LogP contribution in [0.25, 0.3) is 0 Å². The Balaban J connectivity index is 0.00000225. The SMILES string of the molecule is CCCS(=O)(=O)NCC1(C)CCNCC1.Cl. The first kappa shape index (κ1) is 16.2. The molecule has 0 saturated carbocycles. The first-order chi connectivity index (χ1) is 6.97. The van der Waals surface area contributed by atoms with E-state index in [9.17, 15) is 8.42 Å². The molecule has 0 aliphatic carbocycles. The fraction of sp³-hybridized carbons (Fsp3) is 1.00. The second-order valence-electron chi connectivity index (χ2n) is 4.70. The zero-order valence-corrected chi connectivity index (χ0v) is 11.7. The van der Waals surface area contributed by atoms with Crippen molar-refractivity contribution >= 4 is 22.4 Å². The second kappa shape index (κ2) is 6.79. The predicted octanol–water partition coefficient (Wildman–Crippen LogP) is 1.13. The number of piperidine rings is 1. The fourth-order valence-corrected chi connectivity index (χ4v) is 3.08. The molecule has 4 nitrogen and oxygen atoms in total. The minimum Gasteiger partial charge on any atom is -0.317 e. The van der Waals surface area contributed by atoms with Gasteiger partial charge in [-0.25, -0.2) is 13.1 Å². The molecular weight excluding hydrogens is 248 g/mol. The third-order valence-corrected chi connectivity index (χ3v) is 4.53. The molecule has 98 valence electrons. The summed E-state index contributed by atoms with van der Waals surface area (Å²) in [6.45, 7) is 6.60. The second-order valence-corrected chi connectivity index (χ2v) is 6.63. The van der Waals surface area contributed by atoms with Crippen LogP contribution in [-0.4, -0.2) is 33.8 Å². The van der Waals surface area contributed by atoms with Crippen LogP contribution in [0.2, 0.25) is 0 Å². The van der Waals surface area contributed by atoms with Gasteiger partial charge in [-0.15, -0.1) is 12.4 Å². The van der Waals surface area contributed by atoms with Crippen LogP contribution in [0, 0.1) is 5.41 Å². The molecule has 0 amide bonds. The van der Waals surface area contributed by atoms with Crippen LogP contribution in [0.1, 0.15) is 33.1 Å². The average Bonchev–Trinajstić information content (AvgIpc) is 2.17. The lowest BCUT2D eigenvalue weighted by atomic mass is 9.81. The van der Waals surface area contributed by atoms with E-state index < -0.39 is 10.0 Å². The minimum absolute atomic E-state index is 0. The van der Waals surface area contributed by atoms with Crippen molar-refractivity contribution in [3.63, 3.8) is 0 Å². The van der Waals surface area contributed by atoms with Gasteiger partial charge in [-0.3, -0.25) is 0 Å². The van der Waals surface area contributed by atoms with Crippen molar-refractivity contribution in [1.82, 2.24) is 10.0 Å². The van der Waals surface area contributed by atoms with E-state index in [-0.39, 0.29) is 23.6 Å². The van der Waals surface area contributed by atoms with Gasteiger partial charge in [0.05, 0.1) is 5.75 Å². The molecule has 0 spiro atoms. The largest absolute Gasteiger partial charge is 0.317 e. The van der Waals surface area contributed by atoms with Gasteiger partial charge in [0.25, 0.3) is 0 Å². The maximum atomic E-state index is 11.5. The lowest BCUT2D eigenvalue weighted by molar-refractivity contribution is 0.232. The van der Waals surface area contributed by atoms with E-state index in [4.69, 9.17) is 0 Å². The molecular formula is C10H23ClN2O2S. The Morgan fingerprint density at radius 2 is 1.88 bits per heavy atom. The molecule has 0 aromatic heterocycles. The van der Waals surface area contributed by atoms with Crippen molar-refractivity contribution in [3.05, 3.63) is 0 Å². The van der Waals surface area contributed by atoms with Crippen molar-refractivity contribution in [3.8, 4) is 0 Å². The number of hydrogen-bond acceptors (Lipinski definition) is 3. The summed E-state index contributed by atoms with van der Waals surface area (Å²) in [7, 11) is -3.04. The van der Waals surface area contributed by atoms with Crippen molar-refractivity contribution in [2.75, 3.05) is 25.4 Å². The molecule has 16 heavy (non-hydrogen) atoms. The quantitative estimate of drug-likeness (QED) is 0.787. The van der Waals surface area contributed by atoms with Crippen molar-refractivity contribution in [2.24, 2.45) is 5.41 Å². The maximum Gasteiger partial charge on any atom is 0.211 e. The monoisotopic (exact) mass is 270 g/mol. The van der Waals surface area contributed by atoms with E-state index in [0.29, 0.717) is 13.0 Å². The van der Waals surface area contributed by atoms with Gasteiger partial charge in [0.2, 0.25) is 10.0 Å². The fourth-order valence-electron chi connectivity index (χ4n) is 1.83. The molecule has 1 aliphatic rings. The Hall–Kier alpha value is 0.160. The van der Waals surface area contributed by atoms with E-state index in [1.807, 2.05) is 6.92 Å². The van der Waals surface area contributed by atoms with E-state index in [2.05, 4.69) is 17.0 Å². The van der Waals surface area contributed by atoms with Gasteiger partial charge < -0.3 is 5.32 Å². The van der Waals surface area contributed by atoms with Crippen LogP contribution in [0.3, 0.4) is 0 Å². The Morgan fingerprint density at radius 1 is 1.31 bits per heavy atom. The Morgan fingerprint density at radius 3 is 2.38 bits per heavy atom. The molecule has 0 bridgehead atoms. The number of nitrogens with one attached hydrogen (secondary N) is 2. The molecule has 1 rings (SSSR count). The highest BCUT2D eigenvalue weighted by atomic mass is 35.5. The van der Waals surface area contributed by atoms with Gasteiger partial charge in [0.15, 0.2) is 0 Å². The number of rotatable bonds is 5. The number of halogens is 1. The first-order valence-electron chi connectivity index (χ1n) is 5.65.